The number of phenols is 1. The molecule has 2 aromatic rings. The van der Waals surface area contributed by atoms with E-state index in [9.17, 15) is 9.50 Å². The first-order valence-corrected chi connectivity index (χ1v) is 6.84. The van der Waals surface area contributed by atoms with Gasteiger partial charge in [-0.15, -0.1) is 0 Å². The van der Waals surface area contributed by atoms with E-state index in [0.717, 1.165) is 24.6 Å². The van der Waals surface area contributed by atoms with Gasteiger partial charge in [0.2, 0.25) is 0 Å². The Morgan fingerprint density at radius 2 is 2.22 bits per heavy atom. The van der Waals surface area contributed by atoms with Crippen LogP contribution in [0.4, 0.5) is 4.39 Å². The summed E-state index contributed by atoms with van der Waals surface area (Å²) in [6, 6.07) is 6.24. The van der Waals surface area contributed by atoms with Crippen molar-refractivity contribution < 1.29 is 9.50 Å². The van der Waals surface area contributed by atoms with Crippen molar-refractivity contribution in [2.75, 3.05) is 6.54 Å². The standard InChI is InChI=1S/C14H16FNOS/c1-10(13-3-2-12(15)8-14(13)17)16-6-4-11-5-7-18-9-11/h2-3,5,7-10,16-17H,4,6H2,1H3. The van der Waals surface area contributed by atoms with Gasteiger partial charge in [-0.05, 0) is 48.3 Å². The van der Waals surface area contributed by atoms with Gasteiger partial charge in [-0.25, -0.2) is 4.39 Å². The number of hydrogen-bond acceptors (Lipinski definition) is 3. The molecule has 2 rings (SSSR count). The highest BCUT2D eigenvalue weighted by molar-refractivity contribution is 7.07. The Bertz CT molecular complexity index is 499. The minimum Gasteiger partial charge on any atom is -0.508 e. The summed E-state index contributed by atoms with van der Waals surface area (Å²) in [4.78, 5) is 0. The van der Waals surface area contributed by atoms with Crippen molar-refractivity contribution in [2.24, 2.45) is 0 Å². The number of thiophene rings is 1. The van der Waals surface area contributed by atoms with Gasteiger partial charge in [0, 0.05) is 17.7 Å². The van der Waals surface area contributed by atoms with E-state index in [2.05, 4.69) is 22.1 Å². The second-order valence-corrected chi connectivity index (χ2v) is 5.04. The highest BCUT2D eigenvalue weighted by Crippen LogP contribution is 2.24. The van der Waals surface area contributed by atoms with Crippen LogP contribution in [-0.4, -0.2) is 11.7 Å². The van der Waals surface area contributed by atoms with E-state index in [1.807, 2.05) is 6.92 Å². The fourth-order valence-corrected chi connectivity index (χ4v) is 2.56. The van der Waals surface area contributed by atoms with Crippen LogP contribution in [0.2, 0.25) is 0 Å². The molecule has 18 heavy (non-hydrogen) atoms. The maximum absolute atomic E-state index is 12.9. The molecule has 0 amide bonds. The third-order valence-electron chi connectivity index (χ3n) is 2.90. The van der Waals surface area contributed by atoms with Crippen molar-refractivity contribution in [2.45, 2.75) is 19.4 Å². The first-order valence-electron chi connectivity index (χ1n) is 5.89. The third kappa shape index (κ3) is 3.31. The fourth-order valence-electron chi connectivity index (χ4n) is 1.86. The summed E-state index contributed by atoms with van der Waals surface area (Å²) in [6.45, 7) is 2.79. The molecule has 1 aromatic carbocycles. The van der Waals surface area contributed by atoms with Crippen LogP contribution < -0.4 is 5.32 Å². The van der Waals surface area contributed by atoms with Crippen molar-refractivity contribution in [3.8, 4) is 5.75 Å². The monoisotopic (exact) mass is 265 g/mol. The van der Waals surface area contributed by atoms with Crippen LogP contribution in [0.5, 0.6) is 5.75 Å². The molecule has 96 valence electrons. The van der Waals surface area contributed by atoms with Gasteiger partial charge in [0.05, 0.1) is 0 Å². The normalized spacial score (nSPS) is 12.6. The van der Waals surface area contributed by atoms with Gasteiger partial charge >= 0.3 is 0 Å². The van der Waals surface area contributed by atoms with E-state index < -0.39 is 5.82 Å². The Morgan fingerprint density at radius 3 is 2.89 bits per heavy atom. The molecule has 1 aromatic heterocycles. The average Bonchev–Trinajstić information content (AvgIpc) is 2.81. The lowest BCUT2D eigenvalue weighted by molar-refractivity contribution is 0.447. The lowest BCUT2D eigenvalue weighted by Crippen LogP contribution is -2.21. The SMILES string of the molecule is CC(NCCc1ccsc1)c1ccc(F)cc1O. The smallest absolute Gasteiger partial charge is 0.126 e. The first kappa shape index (κ1) is 13.1. The van der Waals surface area contributed by atoms with E-state index in [1.54, 1.807) is 17.4 Å². The molecule has 0 saturated carbocycles. The van der Waals surface area contributed by atoms with Gasteiger partial charge in [-0.1, -0.05) is 6.07 Å². The van der Waals surface area contributed by atoms with Crippen LogP contribution in [-0.2, 0) is 6.42 Å². The van der Waals surface area contributed by atoms with Crippen LogP contribution in [0, 0.1) is 5.82 Å². The van der Waals surface area contributed by atoms with Crippen molar-refractivity contribution in [1.82, 2.24) is 5.32 Å². The average molecular weight is 265 g/mol. The molecule has 1 heterocycles. The van der Waals surface area contributed by atoms with Crippen molar-refractivity contribution in [1.29, 1.82) is 0 Å². The zero-order chi connectivity index (χ0) is 13.0. The van der Waals surface area contributed by atoms with Gasteiger partial charge in [0.1, 0.15) is 11.6 Å². The molecule has 1 atom stereocenters. The molecule has 0 aliphatic heterocycles. The summed E-state index contributed by atoms with van der Waals surface area (Å²) < 4.78 is 12.9. The van der Waals surface area contributed by atoms with Gasteiger partial charge in [-0.3, -0.25) is 0 Å². The topological polar surface area (TPSA) is 32.3 Å². The second-order valence-electron chi connectivity index (χ2n) is 4.26. The highest BCUT2D eigenvalue weighted by Gasteiger charge is 2.10. The number of rotatable bonds is 5. The van der Waals surface area contributed by atoms with Crippen LogP contribution in [0.1, 0.15) is 24.1 Å². The molecule has 2 nitrogen and oxygen atoms in total. The molecule has 0 bridgehead atoms. The number of aromatic hydroxyl groups is 1. The van der Waals surface area contributed by atoms with E-state index in [1.165, 1.54) is 11.6 Å². The molecule has 0 radical (unpaired) electrons. The summed E-state index contributed by atoms with van der Waals surface area (Å²) >= 11 is 1.69. The summed E-state index contributed by atoms with van der Waals surface area (Å²) in [7, 11) is 0. The molecule has 0 saturated heterocycles. The van der Waals surface area contributed by atoms with Gasteiger partial charge < -0.3 is 10.4 Å². The largest absolute Gasteiger partial charge is 0.508 e. The number of benzene rings is 1. The number of halogens is 1. The van der Waals surface area contributed by atoms with E-state index >= 15 is 0 Å². The predicted octanol–water partition coefficient (Wildman–Crippen LogP) is 3.49. The van der Waals surface area contributed by atoms with E-state index in [4.69, 9.17) is 0 Å². The van der Waals surface area contributed by atoms with Crippen molar-refractivity contribution >= 4 is 11.3 Å². The lowest BCUT2D eigenvalue weighted by Gasteiger charge is -2.15. The summed E-state index contributed by atoms with van der Waals surface area (Å²) in [6.07, 6.45) is 0.954. The molecular weight excluding hydrogens is 249 g/mol. The van der Waals surface area contributed by atoms with Gasteiger partial charge in [-0.2, -0.15) is 11.3 Å². The predicted molar refractivity (Wildman–Crippen MR) is 72.5 cm³/mol. The summed E-state index contributed by atoms with van der Waals surface area (Å²) in [5, 5.41) is 17.2. The van der Waals surface area contributed by atoms with Crippen LogP contribution in [0.15, 0.2) is 35.0 Å². The van der Waals surface area contributed by atoms with Gasteiger partial charge in [0.15, 0.2) is 0 Å². The van der Waals surface area contributed by atoms with Crippen LogP contribution in [0.3, 0.4) is 0 Å². The Labute approximate surface area is 110 Å². The van der Waals surface area contributed by atoms with Crippen molar-refractivity contribution in [3.63, 3.8) is 0 Å². The third-order valence-corrected chi connectivity index (χ3v) is 3.64. The number of phenolic OH excluding ortho intramolecular Hbond substituents is 1. The number of nitrogens with one attached hydrogen (secondary N) is 1. The van der Waals surface area contributed by atoms with E-state index in [-0.39, 0.29) is 11.8 Å². The fraction of sp³-hybridized carbons (Fsp3) is 0.286. The summed E-state index contributed by atoms with van der Waals surface area (Å²) in [5.41, 5.74) is 2.03. The maximum Gasteiger partial charge on any atom is 0.126 e. The number of hydrogen-bond donors (Lipinski definition) is 2. The molecule has 0 fully saturated rings. The van der Waals surface area contributed by atoms with Crippen LogP contribution >= 0.6 is 11.3 Å². The molecule has 0 aliphatic carbocycles. The van der Waals surface area contributed by atoms with E-state index in [0.29, 0.717) is 0 Å². The molecule has 1 unspecified atom stereocenters. The molecular formula is C14H16FNOS. The molecule has 0 aliphatic rings. The zero-order valence-corrected chi connectivity index (χ0v) is 11.0. The highest BCUT2D eigenvalue weighted by atomic mass is 32.1. The second kappa shape index (κ2) is 5.98. The summed E-state index contributed by atoms with van der Waals surface area (Å²) in [5.74, 6) is -0.410. The first-order chi connectivity index (χ1) is 8.66. The minimum atomic E-state index is -0.415. The van der Waals surface area contributed by atoms with Crippen molar-refractivity contribution in [3.05, 3.63) is 52.0 Å². The minimum absolute atomic E-state index is 0.00392. The van der Waals surface area contributed by atoms with Crippen LogP contribution in [0.25, 0.3) is 0 Å². The Balaban J connectivity index is 1.89. The Kier molecular flexibility index (Phi) is 4.33. The maximum atomic E-state index is 12.9. The molecule has 0 spiro atoms. The van der Waals surface area contributed by atoms with Gasteiger partial charge in [0.25, 0.3) is 0 Å². The molecule has 2 N–H and O–H groups in total. The lowest BCUT2D eigenvalue weighted by atomic mass is 10.1. The zero-order valence-electron chi connectivity index (χ0n) is 10.2. The molecule has 4 heteroatoms. The Morgan fingerprint density at radius 1 is 1.39 bits per heavy atom. The Hall–Kier alpha value is -1.39. The quantitative estimate of drug-likeness (QED) is 0.867.